The minimum atomic E-state index is -1.25. The molecule has 0 aliphatic heterocycles. The Morgan fingerprint density at radius 3 is 2.70 bits per heavy atom. The van der Waals surface area contributed by atoms with Crippen molar-refractivity contribution in [3.8, 4) is 0 Å². The van der Waals surface area contributed by atoms with Crippen LogP contribution in [0.4, 0.5) is 5.95 Å². The molecule has 33 heavy (non-hydrogen) atoms. The highest BCUT2D eigenvalue weighted by atomic mass is 32.2. The number of fused-ring (bicyclic) bond motifs is 1. The summed E-state index contributed by atoms with van der Waals surface area (Å²) in [5, 5.41) is 25.1. The van der Waals surface area contributed by atoms with Gasteiger partial charge in [0.2, 0.25) is 17.8 Å². The first-order chi connectivity index (χ1) is 15.7. The molecule has 2 atom stereocenters. The summed E-state index contributed by atoms with van der Waals surface area (Å²) in [6.45, 7) is -0.259. The lowest BCUT2D eigenvalue weighted by atomic mass is 10.1. The van der Waals surface area contributed by atoms with Gasteiger partial charge in [-0.1, -0.05) is 0 Å². The van der Waals surface area contributed by atoms with Crippen molar-refractivity contribution >= 4 is 52.6 Å². The summed E-state index contributed by atoms with van der Waals surface area (Å²) in [5.41, 5.74) is 5.50. The Morgan fingerprint density at radius 1 is 1.24 bits per heavy atom. The Hall–Kier alpha value is -3.66. The zero-order chi connectivity index (χ0) is 24.4. The van der Waals surface area contributed by atoms with Gasteiger partial charge in [0.1, 0.15) is 18.6 Å². The third-order valence-corrected chi connectivity index (χ3v) is 5.25. The highest BCUT2D eigenvalue weighted by Crippen LogP contribution is 2.07. The van der Waals surface area contributed by atoms with Crippen LogP contribution in [0.15, 0.2) is 11.1 Å². The maximum Gasteiger partial charge on any atom is 0.322 e. The number of hydrogen-bond donors (Lipinski definition) is 8. The van der Waals surface area contributed by atoms with E-state index in [1.165, 1.54) is 18.1 Å². The van der Waals surface area contributed by atoms with Crippen molar-refractivity contribution in [1.29, 1.82) is 0 Å². The number of nitrogens with one attached hydrogen (secondary N) is 5. The predicted molar refractivity (Wildman–Crippen MR) is 118 cm³/mol. The first kappa shape index (κ1) is 25.6. The third kappa shape index (κ3) is 8.41. The minimum Gasteiger partial charge on any atom is -0.480 e. The molecule has 0 saturated heterocycles. The van der Waals surface area contributed by atoms with E-state index in [9.17, 15) is 24.0 Å². The maximum absolute atomic E-state index is 12.3. The van der Waals surface area contributed by atoms with Crippen LogP contribution in [0.3, 0.4) is 0 Å². The number of carboxylic acid groups (broad SMARTS) is 2. The number of imidazole rings is 1. The molecule has 2 rings (SSSR count). The zero-order valence-corrected chi connectivity index (χ0v) is 18.1. The minimum absolute atomic E-state index is 0.117. The molecule has 2 aromatic rings. The standard InChI is InChI=1S/C17H24N8O7S/c18-8(16(31)32)1-2-10(26)23-9(14(29)20-5-11(27)28)6-33-4-3-19-17-24-13-12(15(30)25-17)21-7-22-13/h7-9H,1-6,18H2,(H,20,29)(H,23,26)(H,27,28)(H,31,32)(H3,19,21,22,24,25,30)/t8-,9-/m0/s1. The fraction of sp³-hybridized carbons (Fsp3) is 0.471. The van der Waals surface area contributed by atoms with E-state index < -0.39 is 42.4 Å². The topological polar surface area (TPSA) is 245 Å². The van der Waals surface area contributed by atoms with E-state index in [0.29, 0.717) is 12.3 Å². The van der Waals surface area contributed by atoms with Crippen molar-refractivity contribution in [2.45, 2.75) is 24.9 Å². The van der Waals surface area contributed by atoms with Crippen molar-refractivity contribution < 1.29 is 29.4 Å². The van der Waals surface area contributed by atoms with Gasteiger partial charge in [0.05, 0.1) is 6.33 Å². The second-order valence-corrected chi connectivity index (χ2v) is 7.88. The van der Waals surface area contributed by atoms with Crippen LogP contribution in [-0.4, -0.2) is 90.6 Å². The Bertz CT molecular complexity index is 1060. The molecule has 0 radical (unpaired) electrons. The molecule has 9 N–H and O–H groups in total. The highest BCUT2D eigenvalue weighted by molar-refractivity contribution is 7.99. The van der Waals surface area contributed by atoms with Gasteiger partial charge in [-0.25, -0.2) is 4.98 Å². The number of H-pyrrole nitrogens is 2. The molecule has 2 heterocycles. The van der Waals surface area contributed by atoms with Gasteiger partial charge >= 0.3 is 11.9 Å². The molecule has 2 amide bonds. The van der Waals surface area contributed by atoms with Gasteiger partial charge in [-0.05, 0) is 6.42 Å². The Kier molecular flexibility index (Phi) is 9.62. The van der Waals surface area contributed by atoms with E-state index in [1.807, 2.05) is 0 Å². The normalized spacial score (nSPS) is 12.6. The van der Waals surface area contributed by atoms with E-state index in [2.05, 4.69) is 35.9 Å². The average molecular weight is 484 g/mol. The first-order valence-corrected chi connectivity index (χ1v) is 10.8. The van der Waals surface area contributed by atoms with Crippen molar-refractivity contribution in [2.75, 3.05) is 29.9 Å². The summed E-state index contributed by atoms with van der Waals surface area (Å²) in [6.07, 6.45) is 1.02. The molecule has 0 unspecified atom stereocenters. The fourth-order valence-electron chi connectivity index (χ4n) is 2.51. The van der Waals surface area contributed by atoms with E-state index in [0.717, 1.165) is 0 Å². The molecule has 0 spiro atoms. The lowest BCUT2D eigenvalue weighted by Gasteiger charge is -2.18. The number of carboxylic acids is 2. The second kappa shape index (κ2) is 12.4. The lowest BCUT2D eigenvalue weighted by molar-refractivity contribution is -0.139. The van der Waals surface area contributed by atoms with Crippen molar-refractivity contribution in [2.24, 2.45) is 5.73 Å². The fourth-order valence-corrected chi connectivity index (χ4v) is 3.40. The quantitative estimate of drug-likeness (QED) is 0.132. The number of hydrogen-bond acceptors (Lipinski definition) is 10. The number of nitrogens with two attached hydrogens (primary N) is 1. The van der Waals surface area contributed by atoms with Crippen molar-refractivity contribution in [3.63, 3.8) is 0 Å². The number of amides is 2. The molecule has 0 bridgehead atoms. The largest absolute Gasteiger partial charge is 0.480 e. The number of carbonyl (C=O) groups is 4. The van der Waals surface area contributed by atoms with E-state index >= 15 is 0 Å². The smallest absolute Gasteiger partial charge is 0.322 e. The lowest BCUT2D eigenvalue weighted by Crippen LogP contribution is -2.49. The number of carbonyl (C=O) groups excluding carboxylic acids is 2. The SMILES string of the molecule is N[C@@H](CCC(=O)N[C@@H](CSCCNc1nc2nc[nH]c2c(=O)[nH]1)C(=O)NCC(=O)O)C(=O)O. The monoisotopic (exact) mass is 484 g/mol. The summed E-state index contributed by atoms with van der Waals surface area (Å²) in [6, 6.07) is -2.25. The Balaban J connectivity index is 1.84. The highest BCUT2D eigenvalue weighted by Gasteiger charge is 2.22. The summed E-state index contributed by atoms with van der Waals surface area (Å²) in [4.78, 5) is 70.9. The van der Waals surface area contributed by atoms with E-state index in [4.69, 9.17) is 15.9 Å². The van der Waals surface area contributed by atoms with E-state index in [1.54, 1.807) is 0 Å². The summed E-state index contributed by atoms with van der Waals surface area (Å²) < 4.78 is 0. The third-order valence-electron chi connectivity index (χ3n) is 4.18. The van der Waals surface area contributed by atoms with Gasteiger partial charge in [0.15, 0.2) is 11.2 Å². The van der Waals surface area contributed by atoms with Crippen LogP contribution in [0.25, 0.3) is 11.2 Å². The molecule has 15 nitrogen and oxygen atoms in total. The number of aromatic nitrogens is 4. The number of thioether (sulfide) groups is 1. The van der Waals surface area contributed by atoms with Crippen molar-refractivity contribution in [3.05, 3.63) is 16.7 Å². The van der Waals surface area contributed by atoms with E-state index in [-0.39, 0.29) is 41.3 Å². The van der Waals surface area contributed by atoms with Gasteiger partial charge in [-0.3, -0.25) is 29.0 Å². The predicted octanol–water partition coefficient (Wildman–Crippen LogP) is -2.33. The van der Waals surface area contributed by atoms with Gasteiger partial charge in [0, 0.05) is 24.5 Å². The van der Waals surface area contributed by atoms with Crippen LogP contribution in [0.1, 0.15) is 12.8 Å². The molecule has 0 fully saturated rings. The summed E-state index contributed by atoms with van der Waals surface area (Å²) >= 11 is 1.28. The van der Waals surface area contributed by atoms with Crippen LogP contribution in [0.2, 0.25) is 0 Å². The molecule has 180 valence electrons. The van der Waals surface area contributed by atoms with Crippen LogP contribution in [-0.2, 0) is 19.2 Å². The maximum atomic E-state index is 12.3. The summed E-state index contributed by atoms with van der Waals surface area (Å²) in [5.74, 6) is -2.98. The van der Waals surface area contributed by atoms with Crippen LogP contribution >= 0.6 is 11.8 Å². The van der Waals surface area contributed by atoms with Crippen LogP contribution in [0.5, 0.6) is 0 Å². The van der Waals surface area contributed by atoms with Gasteiger partial charge in [-0.15, -0.1) is 0 Å². The number of anilines is 1. The Labute approximate surface area is 190 Å². The Morgan fingerprint density at radius 2 is 2.00 bits per heavy atom. The first-order valence-electron chi connectivity index (χ1n) is 9.69. The van der Waals surface area contributed by atoms with Gasteiger partial charge in [0.25, 0.3) is 5.56 Å². The average Bonchev–Trinajstić information content (AvgIpc) is 3.23. The number of nitrogens with zero attached hydrogens (tertiary/aromatic N) is 2. The molecule has 16 heteroatoms. The molecular formula is C17H24N8O7S. The number of aromatic amines is 2. The molecule has 0 aliphatic carbocycles. The second-order valence-electron chi connectivity index (χ2n) is 6.73. The van der Waals surface area contributed by atoms with Crippen LogP contribution < -0.4 is 27.2 Å². The molecule has 0 saturated carbocycles. The molecular weight excluding hydrogens is 460 g/mol. The van der Waals surface area contributed by atoms with Crippen LogP contribution in [0, 0.1) is 0 Å². The molecule has 2 aromatic heterocycles. The summed E-state index contributed by atoms with van der Waals surface area (Å²) in [7, 11) is 0. The molecule has 0 aromatic carbocycles. The van der Waals surface area contributed by atoms with Gasteiger partial charge in [-0.2, -0.15) is 16.7 Å². The number of rotatable bonds is 14. The number of aliphatic carboxylic acids is 2. The van der Waals surface area contributed by atoms with Crippen molar-refractivity contribution in [1.82, 2.24) is 30.6 Å². The molecule has 0 aliphatic rings. The zero-order valence-electron chi connectivity index (χ0n) is 17.3. The van der Waals surface area contributed by atoms with Gasteiger partial charge < -0.3 is 36.9 Å².